The van der Waals surface area contributed by atoms with Crippen molar-refractivity contribution in [3.8, 4) is 11.1 Å². The first kappa shape index (κ1) is 44.2. The maximum Gasteiger partial charge on any atom is 0.301 e. The van der Waals surface area contributed by atoms with Gasteiger partial charge >= 0.3 is 10.2 Å². The highest BCUT2D eigenvalue weighted by molar-refractivity contribution is 7.90. The maximum absolute atomic E-state index is 15.8. The number of piperidine rings is 2. The van der Waals surface area contributed by atoms with Crippen molar-refractivity contribution in [1.29, 1.82) is 0 Å². The Bertz CT molecular complexity index is 2970. The summed E-state index contributed by atoms with van der Waals surface area (Å²) in [5, 5.41) is 2.71. The Morgan fingerprint density at radius 2 is 1.57 bits per heavy atom. The zero-order valence-electron chi connectivity index (χ0n) is 37.1. The molecule has 6 aliphatic rings. The Hall–Kier alpha value is -6.31. The fourth-order valence-corrected chi connectivity index (χ4v) is 12.5. The zero-order valence-corrected chi connectivity index (χ0v) is 37.9. The number of fused-ring (bicyclic) bond motifs is 3. The highest BCUT2D eigenvalue weighted by Crippen LogP contribution is 2.38. The van der Waals surface area contributed by atoms with Gasteiger partial charge in [-0.2, -0.15) is 12.7 Å². The normalized spacial score (nSPS) is 23.8. The van der Waals surface area contributed by atoms with Gasteiger partial charge < -0.3 is 24.6 Å². The Morgan fingerprint density at radius 1 is 0.824 bits per heavy atom. The van der Waals surface area contributed by atoms with E-state index in [9.17, 15) is 32.0 Å². The molecule has 5 fully saturated rings. The average Bonchev–Trinajstić information content (AvgIpc) is 4.17. The number of aromatic nitrogens is 2. The molecule has 0 bridgehead atoms. The molecule has 68 heavy (non-hydrogen) atoms. The topological polar surface area (TPSA) is 171 Å². The van der Waals surface area contributed by atoms with E-state index in [1.165, 1.54) is 6.20 Å². The number of carbonyl (C=O) groups excluding carboxylic acids is 4. The standard InChI is InChI=1S/C49H50F3N9O6S/c50-34-13-16-60(27-34)68(66,67)56-41-8-7-40(51)44(45(41)52)46(63)39-20-54-47-38(39)18-30(19-53-47)29-1-3-35(4-2-29)59-24-32-22-57(23-33(32)25-59)21-28-11-14-58(15-12-28)36-5-6-37-31(17-36)26-61(49(37)65)42-9-10-43(62)55-48(42)64/h1-8,17-20,28,32-34,42,56H,9-16,21-27H2,(H,53,54)(H,55,62,64)/t32-,33+,34-,42?/m1/s1. The Kier molecular flexibility index (Phi) is 11.3. The van der Waals surface area contributed by atoms with Crippen LogP contribution in [0.5, 0.6) is 0 Å². The van der Waals surface area contributed by atoms with Gasteiger partial charge in [0.05, 0.1) is 11.3 Å². The van der Waals surface area contributed by atoms with Gasteiger partial charge in [0.2, 0.25) is 17.6 Å². The summed E-state index contributed by atoms with van der Waals surface area (Å²) < 4.78 is 73.2. The van der Waals surface area contributed by atoms with Crippen molar-refractivity contribution in [2.45, 2.75) is 50.9 Å². The fourth-order valence-electron chi connectivity index (χ4n) is 11.2. The van der Waals surface area contributed by atoms with E-state index in [4.69, 9.17) is 0 Å². The molecule has 0 saturated carbocycles. The van der Waals surface area contributed by atoms with Gasteiger partial charge in [0.15, 0.2) is 5.82 Å². The molecule has 2 aromatic heterocycles. The minimum atomic E-state index is -4.35. The van der Waals surface area contributed by atoms with Crippen LogP contribution in [0.2, 0.25) is 0 Å². The van der Waals surface area contributed by atoms with Crippen molar-refractivity contribution < 1.29 is 40.8 Å². The van der Waals surface area contributed by atoms with Crippen molar-refractivity contribution in [3.05, 3.63) is 107 Å². The number of H-pyrrole nitrogens is 1. The van der Waals surface area contributed by atoms with Crippen LogP contribution < -0.4 is 19.8 Å². The van der Waals surface area contributed by atoms with Crippen molar-refractivity contribution in [2.24, 2.45) is 17.8 Å². The molecule has 0 aliphatic carbocycles. The van der Waals surface area contributed by atoms with Gasteiger partial charge in [-0.05, 0) is 103 Å². The third-order valence-electron chi connectivity index (χ3n) is 14.9. The number of hydrogen-bond acceptors (Lipinski definition) is 10. The van der Waals surface area contributed by atoms with E-state index in [0.29, 0.717) is 52.9 Å². The molecular weight excluding hydrogens is 900 g/mol. The van der Waals surface area contributed by atoms with Crippen molar-refractivity contribution >= 4 is 61.8 Å². The number of nitrogens with one attached hydrogen (secondary N) is 3. The van der Waals surface area contributed by atoms with Gasteiger partial charge in [0, 0.05) is 118 Å². The number of carbonyl (C=O) groups is 4. The maximum atomic E-state index is 15.8. The second-order valence-corrected chi connectivity index (χ2v) is 20.8. The lowest BCUT2D eigenvalue weighted by atomic mass is 9.95. The minimum Gasteiger partial charge on any atom is -0.372 e. The second-order valence-electron chi connectivity index (χ2n) is 19.1. The Labute approximate surface area is 390 Å². The molecule has 0 radical (unpaired) electrons. The summed E-state index contributed by atoms with van der Waals surface area (Å²) in [6.45, 7) is 6.94. The van der Waals surface area contributed by atoms with Gasteiger partial charge in [-0.1, -0.05) is 12.1 Å². The molecule has 4 atom stereocenters. The van der Waals surface area contributed by atoms with E-state index in [0.717, 1.165) is 97.6 Å². The largest absolute Gasteiger partial charge is 0.372 e. The number of ketones is 1. The van der Waals surface area contributed by atoms with E-state index in [1.807, 2.05) is 29.0 Å². The highest BCUT2D eigenvalue weighted by atomic mass is 32.2. The number of pyridine rings is 1. The van der Waals surface area contributed by atoms with E-state index in [2.05, 4.69) is 48.2 Å². The van der Waals surface area contributed by atoms with Crippen LogP contribution in [-0.4, -0.2) is 127 Å². The number of nitrogens with zero attached hydrogens (tertiary/aromatic N) is 6. The van der Waals surface area contributed by atoms with Crippen LogP contribution >= 0.6 is 0 Å². The minimum absolute atomic E-state index is 0.00548. The van der Waals surface area contributed by atoms with Crippen LogP contribution in [0.1, 0.15) is 63.9 Å². The highest BCUT2D eigenvalue weighted by Gasteiger charge is 2.42. The molecule has 0 spiro atoms. The SMILES string of the molecule is O=C1CCC(N2Cc3cc(N4CCC(CN5C[C@@H]6CN(c7ccc(-c8cnc9[nH]cc(C(=O)c%10c(F)ccc(NS(=O)(=O)N%11CC[C@@H](F)C%11)c%10F)c9c8)cc7)C[C@@H]6C5)CC4)ccc3C2=O)C(=O)N1. The summed E-state index contributed by atoms with van der Waals surface area (Å²) in [6.07, 6.45) is 4.41. The van der Waals surface area contributed by atoms with E-state index in [1.54, 1.807) is 17.2 Å². The van der Waals surface area contributed by atoms with Crippen LogP contribution in [0.15, 0.2) is 73.1 Å². The van der Waals surface area contributed by atoms with Crippen LogP contribution in [0.3, 0.4) is 0 Å². The van der Waals surface area contributed by atoms with Crippen molar-refractivity contribution in [1.82, 2.24) is 29.4 Å². The lowest BCUT2D eigenvalue weighted by Crippen LogP contribution is -2.52. The summed E-state index contributed by atoms with van der Waals surface area (Å²) in [7, 11) is -4.35. The lowest BCUT2D eigenvalue weighted by molar-refractivity contribution is -0.136. The van der Waals surface area contributed by atoms with Crippen LogP contribution in [0.4, 0.5) is 30.2 Å². The number of benzene rings is 3. The third-order valence-corrected chi connectivity index (χ3v) is 16.4. The van der Waals surface area contributed by atoms with E-state index >= 15 is 8.78 Å². The summed E-state index contributed by atoms with van der Waals surface area (Å²) in [5.74, 6) is -2.63. The average molecular weight is 950 g/mol. The third kappa shape index (κ3) is 8.16. The molecule has 11 rings (SSSR count). The summed E-state index contributed by atoms with van der Waals surface area (Å²) >= 11 is 0. The summed E-state index contributed by atoms with van der Waals surface area (Å²) in [4.78, 5) is 67.6. The molecule has 5 aromatic rings. The monoisotopic (exact) mass is 949 g/mol. The number of hydrogen-bond donors (Lipinski definition) is 3. The first-order valence-corrected chi connectivity index (χ1v) is 24.7. The van der Waals surface area contributed by atoms with Gasteiger partial charge in [0.1, 0.15) is 23.7 Å². The number of halogens is 3. The molecule has 3 aromatic carbocycles. The number of imide groups is 1. The smallest absolute Gasteiger partial charge is 0.301 e. The predicted molar refractivity (Wildman–Crippen MR) is 248 cm³/mol. The van der Waals surface area contributed by atoms with Gasteiger partial charge in [-0.25, -0.2) is 18.2 Å². The van der Waals surface area contributed by atoms with Gasteiger partial charge in [0.25, 0.3) is 5.91 Å². The summed E-state index contributed by atoms with van der Waals surface area (Å²) in [5.41, 5.74) is 4.05. The first-order valence-electron chi connectivity index (χ1n) is 23.3. The van der Waals surface area contributed by atoms with Crippen LogP contribution in [-0.2, 0) is 26.3 Å². The Morgan fingerprint density at radius 3 is 2.29 bits per heavy atom. The van der Waals surface area contributed by atoms with Crippen molar-refractivity contribution in [2.75, 3.05) is 73.4 Å². The molecule has 19 heteroatoms. The second kappa shape index (κ2) is 17.3. The number of anilines is 3. The molecule has 1 unspecified atom stereocenters. The van der Waals surface area contributed by atoms with Gasteiger partial charge in [-0.3, -0.25) is 29.2 Å². The van der Waals surface area contributed by atoms with E-state index < -0.39 is 57.0 Å². The quantitative estimate of drug-likeness (QED) is 0.114. The fraction of sp³-hybridized carbons (Fsp3) is 0.408. The summed E-state index contributed by atoms with van der Waals surface area (Å²) in [6, 6.07) is 17.0. The number of amides is 3. The number of aromatic amines is 1. The molecule has 5 saturated heterocycles. The molecule has 15 nitrogen and oxygen atoms in total. The molecule has 8 heterocycles. The number of likely N-dealkylation sites (tertiary alicyclic amines) is 1. The Balaban J connectivity index is 0.683. The zero-order chi connectivity index (χ0) is 47.0. The van der Waals surface area contributed by atoms with Gasteiger partial charge in [-0.15, -0.1) is 0 Å². The number of rotatable bonds is 11. The molecule has 354 valence electrons. The predicted octanol–water partition coefficient (Wildman–Crippen LogP) is 5.49. The van der Waals surface area contributed by atoms with Crippen LogP contribution in [0.25, 0.3) is 22.2 Å². The molecule has 3 N–H and O–H groups in total. The molecular formula is C49H50F3N9O6S. The van der Waals surface area contributed by atoms with Crippen molar-refractivity contribution in [3.63, 3.8) is 0 Å². The first-order chi connectivity index (χ1) is 32.8. The van der Waals surface area contributed by atoms with Crippen LogP contribution in [0, 0.1) is 29.4 Å². The lowest BCUT2D eigenvalue weighted by Gasteiger charge is -2.35. The molecule has 6 aliphatic heterocycles. The number of alkyl halides is 1. The molecule has 3 amide bonds. The van der Waals surface area contributed by atoms with E-state index in [-0.39, 0.29) is 43.3 Å².